The number of hydrogen-bond acceptors (Lipinski definition) is 6. The molecule has 0 spiro atoms. The van der Waals surface area contributed by atoms with Crippen LogP contribution in [0, 0.1) is 10.1 Å². The SMILES string of the molecule is Nc1ccc(C(=O)NCC(O)COc2ccc(C(F)(F)F)cc2)cc1[N+](=O)[O-]. The van der Waals surface area contributed by atoms with E-state index in [1.165, 1.54) is 12.1 Å². The molecule has 1 amide bonds. The molecule has 2 rings (SSSR count). The number of anilines is 1. The van der Waals surface area contributed by atoms with Gasteiger partial charge in [-0.2, -0.15) is 13.2 Å². The number of nitrogen functional groups attached to an aromatic ring is 1. The van der Waals surface area contributed by atoms with Crippen molar-refractivity contribution < 1.29 is 32.7 Å². The summed E-state index contributed by atoms with van der Waals surface area (Å²) in [5, 5.41) is 23.0. The second kappa shape index (κ2) is 8.57. The summed E-state index contributed by atoms with van der Waals surface area (Å²) < 4.78 is 42.6. The molecule has 0 saturated heterocycles. The van der Waals surface area contributed by atoms with Crippen molar-refractivity contribution in [1.82, 2.24) is 5.32 Å². The third kappa shape index (κ3) is 5.58. The summed E-state index contributed by atoms with van der Waals surface area (Å²) >= 11 is 0. The summed E-state index contributed by atoms with van der Waals surface area (Å²) in [7, 11) is 0. The molecule has 0 bridgehead atoms. The predicted octanol–water partition coefficient (Wildman–Crippen LogP) is 2.37. The van der Waals surface area contributed by atoms with Gasteiger partial charge in [-0.25, -0.2) is 0 Å². The highest BCUT2D eigenvalue weighted by atomic mass is 19.4. The van der Waals surface area contributed by atoms with Gasteiger partial charge in [0.15, 0.2) is 0 Å². The number of alkyl halides is 3. The number of carbonyl (C=O) groups excluding carboxylic acids is 1. The van der Waals surface area contributed by atoms with E-state index in [0.29, 0.717) is 0 Å². The normalized spacial score (nSPS) is 12.3. The van der Waals surface area contributed by atoms with Crippen molar-refractivity contribution in [2.75, 3.05) is 18.9 Å². The first-order valence-electron chi connectivity index (χ1n) is 7.88. The number of aliphatic hydroxyl groups excluding tert-OH is 1. The van der Waals surface area contributed by atoms with Crippen molar-refractivity contribution >= 4 is 17.3 Å². The number of nitrogens with two attached hydrogens (primary N) is 1. The van der Waals surface area contributed by atoms with Crippen molar-refractivity contribution in [3.05, 3.63) is 63.7 Å². The number of nitrogens with zero attached hydrogens (tertiary/aromatic N) is 1. The molecule has 1 atom stereocenters. The van der Waals surface area contributed by atoms with Gasteiger partial charge in [0, 0.05) is 18.2 Å². The Morgan fingerprint density at radius 2 is 1.89 bits per heavy atom. The molecule has 0 aliphatic heterocycles. The molecule has 0 aliphatic rings. The maximum Gasteiger partial charge on any atom is 0.416 e. The summed E-state index contributed by atoms with van der Waals surface area (Å²) in [6, 6.07) is 7.44. The minimum atomic E-state index is -4.46. The van der Waals surface area contributed by atoms with E-state index in [1.54, 1.807) is 0 Å². The molecule has 11 heteroatoms. The zero-order valence-electron chi connectivity index (χ0n) is 14.3. The number of hydrogen-bond donors (Lipinski definition) is 3. The molecule has 0 aliphatic carbocycles. The fourth-order valence-electron chi connectivity index (χ4n) is 2.15. The molecule has 0 aromatic heterocycles. The maximum atomic E-state index is 12.5. The number of nitro benzene ring substituents is 1. The number of carbonyl (C=O) groups is 1. The topological polar surface area (TPSA) is 128 Å². The lowest BCUT2D eigenvalue weighted by atomic mass is 10.1. The Hall–Kier alpha value is -3.34. The van der Waals surface area contributed by atoms with E-state index >= 15 is 0 Å². The van der Waals surface area contributed by atoms with Crippen LogP contribution in [-0.4, -0.2) is 35.2 Å². The van der Waals surface area contributed by atoms with Crippen LogP contribution in [0.1, 0.15) is 15.9 Å². The van der Waals surface area contributed by atoms with E-state index in [2.05, 4.69) is 5.32 Å². The molecule has 4 N–H and O–H groups in total. The third-order valence-corrected chi connectivity index (χ3v) is 3.61. The molecule has 0 saturated carbocycles. The van der Waals surface area contributed by atoms with Crippen LogP contribution in [-0.2, 0) is 6.18 Å². The molecule has 150 valence electrons. The molecule has 2 aromatic carbocycles. The van der Waals surface area contributed by atoms with Crippen LogP contribution in [0.3, 0.4) is 0 Å². The second-order valence-electron chi connectivity index (χ2n) is 5.73. The van der Waals surface area contributed by atoms with Gasteiger partial charge in [-0.15, -0.1) is 0 Å². The fourth-order valence-corrected chi connectivity index (χ4v) is 2.15. The van der Waals surface area contributed by atoms with Gasteiger partial charge in [-0.3, -0.25) is 14.9 Å². The molecule has 1 unspecified atom stereocenters. The van der Waals surface area contributed by atoms with Gasteiger partial charge in [0.2, 0.25) is 0 Å². The number of benzene rings is 2. The van der Waals surface area contributed by atoms with Gasteiger partial charge in [0.1, 0.15) is 24.1 Å². The number of rotatable bonds is 7. The fraction of sp³-hybridized carbons (Fsp3) is 0.235. The van der Waals surface area contributed by atoms with Gasteiger partial charge in [-0.1, -0.05) is 0 Å². The lowest BCUT2D eigenvalue weighted by Crippen LogP contribution is -2.35. The standard InChI is InChI=1S/C17H16F3N3O5/c18-17(19,20)11-2-4-13(5-3-11)28-9-12(24)8-22-16(25)10-1-6-14(21)15(7-10)23(26)27/h1-7,12,24H,8-9,21H2,(H,22,25). The number of halogens is 3. The first-order chi connectivity index (χ1) is 13.1. The molecule has 8 nitrogen and oxygen atoms in total. The minimum absolute atomic E-state index is 0.0169. The van der Waals surface area contributed by atoms with Crippen LogP contribution >= 0.6 is 0 Å². The Morgan fingerprint density at radius 3 is 2.46 bits per heavy atom. The van der Waals surface area contributed by atoms with E-state index < -0.39 is 34.4 Å². The monoisotopic (exact) mass is 399 g/mol. The Balaban J connectivity index is 1.85. The minimum Gasteiger partial charge on any atom is -0.491 e. The average Bonchev–Trinajstić information content (AvgIpc) is 2.64. The third-order valence-electron chi connectivity index (χ3n) is 3.61. The van der Waals surface area contributed by atoms with E-state index in [1.807, 2.05) is 0 Å². The van der Waals surface area contributed by atoms with Gasteiger partial charge in [0.05, 0.1) is 10.5 Å². The van der Waals surface area contributed by atoms with Crippen molar-refractivity contribution in [2.24, 2.45) is 0 Å². The lowest BCUT2D eigenvalue weighted by molar-refractivity contribution is -0.383. The van der Waals surface area contributed by atoms with Crippen molar-refractivity contribution in [2.45, 2.75) is 12.3 Å². The Bertz CT molecular complexity index is 856. The highest BCUT2D eigenvalue weighted by molar-refractivity contribution is 5.95. The number of aliphatic hydroxyl groups is 1. The molecule has 28 heavy (non-hydrogen) atoms. The van der Waals surface area contributed by atoms with Crippen LogP contribution < -0.4 is 15.8 Å². The average molecular weight is 399 g/mol. The first kappa shape index (κ1) is 21.0. The van der Waals surface area contributed by atoms with Crippen LogP contribution in [0.15, 0.2) is 42.5 Å². The smallest absolute Gasteiger partial charge is 0.416 e. The van der Waals surface area contributed by atoms with Crippen molar-refractivity contribution in [1.29, 1.82) is 0 Å². The molecular formula is C17H16F3N3O5. The van der Waals surface area contributed by atoms with E-state index in [4.69, 9.17) is 10.5 Å². The molecular weight excluding hydrogens is 383 g/mol. The summed E-state index contributed by atoms with van der Waals surface area (Å²) in [5.41, 5.74) is 4.09. The van der Waals surface area contributed by atoms with Gasteiger partial charge < -0.3 is 20.9 Å². The van der Waals surface area contributed by atoms with Crippen molar-refractivity contribution in [3.63, 3.8) is 0 Å². The summed E-state index contributed by atoms with van der Waals surface area (Å²) in [5.74, 6) is -0.552. The zero-order chi connectivity index (χ0) is 20.9. The maximum absolute atomic E-state index is 12.5. The molecule has 0 heterocycles. The van der Waals surface area contributed by atoms with E-state index in [9.17, 15) is 33.2 Å². The lowest BCUT2D eigenvalue weighted by Gasteiger charge is -2.14. The number of nitro groups is 1. The number of nitrogens with one attached hydrogen (secondary N) is 1. The highest BCUT2D eigenvalue weighted by Gasteiger charge is 2.30. The largest absolute Gasteiger partial charge is 0.491 e. The Morgan fingerprint density at radius 1 is 1.25 bits per heavy atom. The predicted molar refractivity (Wildman–Crippen MR) is 92.8 cm³/mol. The summed E-state index contributed by atoms with van der Waals surface area (Å²) in [4.78, 5) is 22.1. The van der Waals surface area contributed by atoms with Crippen LogP contribution in [0.25, 0.3) is 0 Å². The van der Waals surface area contributed by atoms with Gasteiger partial charge in [-0.05, 0) is 36.4 Å². The Labute approximate surface area is 156 Å². The second-order valence-corrected chi connectivity index (χ2v) is 5.73. The summed E-state index contributed by atoms with van der Waals surface area (Å²) in [6.45, 7) is -0.523. The van der Waals surface area contributed by atoms with E-state index in [-0.39, 0.29) is 30.2 Å². The zero-order valence-corrected chi connectivity index (χ0v) is 14.3. The number of amides is 1. The van der Waals surface area contributed by atoms with Gasteiger partial charge in [0.25, 0.3) is 11.6 Å². The summed E-state index contributed by atoms with van der Waals surface area (Å²) in [6.07, 6.45) is -5.62. The van der Waals surface area contributed by atoms with Crippen LogP contribution in [0.2, 0.25) is 0 Å². The quantitative estimate of drug-likeness (QED) is 0.373. The number of ether oxygens (including phenoxy) is 1. The van der Waals surface area contributed by atoms with Gasteiger partial charge >= 0.3 is 6.18 Å². The first-order valence-corrected chi connectivity index (χ1v) is 7.88. The highest BCUT2D eigenvalue weighted by Crippen LogP contribution is 2.30. The van der Waals surface area contributed by atoms with Crippen LogP contribution in [0.4, 0.5) is 24.5 Å². The van der Waals surface area contributed by atoms with Crippen molar-refractivity contribution in [3.8, 4) is 5.75 Å². The van der Waals surface area contributed by atoms with E-state index in [0.717, 1.165) is 30.3 Å². The molecule has 0 radical (unpaired) electrons. The van der Waals surface area contributed by atoms with Crippen LogP contribution in [0.5, 0.6) is 5.75 Å². The Kier molecular flexibility index (Phi) is 6.41. The molecule has 0 fully saturated rings. The molecule has 2 aromatic rings.